The molecule has 0 amide bonds. The Morgan fingerprint density at radius 1 is 1.55 bits per heavy atom. The van der Waals surface area contributed by atoms with Crippen LogP contribution in [0.15, 0.2) is 0 Å². The molecule has 0 aromatic heterocycles. The van der Waals surface area contributed by atoms with E-state index in [4.69, 9.17) is 15.6 Å². The number of aliphatic carboxylic acids is 1. The minimum atomic E-state index is -1.02. The van der Waals surface area contributed by atoms with E-state index < -0.39 is 12.0 Å². The van der Waals surface area contributed by atoms with Crippen molar-refractivity contribution in [3.05, 3.63) is 0 Å². The molecule has 0 radical (unpaired) electrons. The van der Waals surface area contributed by atoms with E-state index in [1.807, 2.05) is 13.8 Å². The van der Waals surface area contributed by atoms with E-state index in [0.29, 0.717) is 12.5 Å². The Morgan fingerprint density at radius 3 is 2.45 bits per heavy atom. The summed E-state index contributed by atoms with van der Waals surface area (Å²) < 4.78 is 5.01. The molecule has 0 saturated carbocycles. The fourth-order valence-electron chi connectivity index (χ4n) is 0.502. The van der Waals surface area contributed by atoms with Gasteiger partial charge in [0, 0.05) is 6.61 Å². The summed E-state index contributed by atoms with van der Waals surface area (Å²) in [7, 11) is 0. The summed E-state index contributed by atoms with van der Waals surface area (Å²) in [4.78, 5) is 10.2. The van der Waals surface area contributed by atoms with E-state index in [1.54, 1.807) is 0 Å². The van der Waals surface area contributed by atoms with Gasteiger partial charge in [0.2, 0.25) is 0 Å². The number of hydrogen-bond acceptors (Lipinski definition) is 3. The SMILES string of the molecule is CC(C)COC[C@H](N)C(=O)O. The second-order valence-electron chi connectivity index (χ2n) is 2.88. The van der Waals surface area contributed by atoms with Crippen molar-refractivity contribution in [2.45, 2.75) is 19.9 Å². The predicted octanol–water partition coefficient (Wildman–Crippen LogP) is 0.0709. The number of carboxylic acid groups (broad SMARTS) is 1. The number of hydrogen-bond donors (Lipinski definition) is 2. The molecule has 0 aliphatic carbocycles. The molecule has 1 atom stereocenters. The molecule has 66 valence electrons. The quantitative estimate of drug-likeness (QED) is 0.598. The van der Waals surface area contributed by atoms with E-state index in [1.165, 1.54) is 0 Å². The van der Waals surface area contributed by atoms with Crippen LogP contribution in [-0.2, 0) is 9.53 Å². The highest BCUT2D eigenvalue weighted by Crippen LogP contribution is 1.92. The monoisotopic (exact) mass is 161 g/mol. The van der Waals surface area contributed by atoms with Crippen LogP contribution >= 0.6 is 0 Å². The van der Waals surface area contributed by atoms with Crippen molar-refractivity contribution in [2.24, 2.45) is 11.7 Å². The highest BCUT2D eigenvalue weighted by molar-refractivity contribution is 5.73. The van der Waals surface area contributed by atoms with Gasteiger partial charge in [-0.2, -0.15) is 0 Å². The van der Waals surface area contributed by atoms with Gasteiger partial charge in [-0.15, -0.1) is 0 Å². The lowest BCUT2D eigenvalue weighted by atomic mass is 10.2. The van der Waals surface area contributed by atoms with E-state index in [9.17, 15) is 4.79 Å². The van der Waals surface area contributed by atoms with Crippen LogP contribution in [0.3, 0.4) is 0 Å². The highest BCUT2D eigenvalue weighted by Gasteiger charge is 2.10. The first-order chi connectivity index (χ1) is 5.04. The van der Waals surface area contributed by atoms with Gasteiger partial charge in [-0.05, 0) is 5.92 Å². The van der Waals surface area contributed by atoms with Crippen molar-refractivity contribution in [1.29, 1.82) is 0 Å². The maximum atomic E-state index is 10.2. The zero-order valence-electron chi connectivity index (χ0n) is 6.91. The summed E-state index contributed by atoms with van der Waals surface area (Å²) in [6.45, 7) is 4.63. The molecule has 0 aromatic carbocycles. The first kappa shape index (κ1) is 10.4. The third-order valence-corrected chi connectivity index (χ3v) is 1.07. The van der Waals surface area contributed by atoms with Crippen molar-refractivity contribution in [3.8, 4) is 0 Å². The van der Waals surface area contributed by atoms with Crippen molar-refractivity contribution >= 4 is 5.97 Å². The molecule has 4 heteroatoms. The summed E-state index contributed by atoms with van der Waals surface area (Å²) >= 11 is 0. The van der Waals surface area contributed by atoms with Crippen molar-refractivity contribution in [2.75, 3.05) is 13.2 Å². The first-order valence-corrected chi connectivity index (χ1v) is 3.60. The number of nitrogens with two attached hydrogens (primary N) is 1. The molecule has 11 heavy (non-hydrogen) atoms. The highest BCUT2D eigenvalue weighted by atomic mass is 16.5. The number of rotatable bonds is 5. The van der Waals surface area contributed by atoms with Gasteiger partial charge in [0.25, 0.3) is 0 Å². The van der Waals surface area contributed by atoms with Gasteiger partial charge in [-0.25, -0.2) is 0 Å². The van der Waals surface area contributed by atoms with Gasteiger partial charge in [0.15, 0.2) is 0 Å². The molecule has 0 aliphatic heterocycles. The minimum absolute atomic E-state index is 0.0908. The summed E-state index contributed by atoms with van der Waals surface area (Å²) in [6.07, 6.45) is 0. The van der Waals surface area contributed by atoms with Gasteiger partial charge in [-0.3, -0.25) is 4.79 Å². The molecule has 0 bridgehead atoms. The fourth-order valence-corrected chi connectivity index (χ4v) is 0.502. The van der Waals surface area contributed by atoms with E-state index in [-0.39, 0.29) is 6.61 Å². The van der Waals surface area contributed by atoms with Crippen molar-refractivity contribution in [1.82, 2.24) is 0 Å². The lowest BCUT2D eigenvalue weighted by Gasteiger charge is -2.08. The molecule has 3 N–H and O–H groups in total. The number of carbonyl (C=O) groups is 1. The second kappa shape index (κ2) is 5.09. The lowest BCUT2D eigenvalue weighted by Crippen LogP contribution is -2.35. The normalized spacial score (nSPS) is 13.5. The predicted molar refractivity (Wildman–Crippen MR) is 41.3 cm³/mol. The van der Waals surface area contributed by atoms with E-state index in [0.717, 1.165) is 0 Å². The van der Waals surface area contributed by atoms with Crippen LogP contribution in [0.4, 0.5) is 0 Å². The smallest absolute Gasteiger partial charge is 0.322 e. The number of ether oxygens (including phenoxy) is 1. The zero-order chi connectivity index (χ0) is 8.85. The third kappa shape index (κ3) is 5.82. The van der Waals surface area contributed by atoms with E-state index >= 15 is 0 Å². The molecular formula is C7H15NO3. The number of carboxylic acids is 1. The van der Waals surface area contributed by atoms with Crippen LogP contribution in [0.1, 0.15) is 13.8 Å². The minimum Gasteiger partial charge on any atom is -0.480 e. The molecule has 0 fully saturated rings. The Kier molecular flexibility index (Phi) is 4.81. The van der Waals surface area contributed by atoms with Crippen molar-refractivity contribution in [3.63, 3.8) is 0 Å². The average molecular weight is 161 g/mol. The Hall–Kier alpha value is -0.610. The lowest BCUT2D eigenvalue weighted by molar-refractivity contribution is -0.140. The summed E-state index contributed by atoms with van der Waals surface area (Å²) in [6, 6.07) is -0.895. The van der Waals surface area contributed by atoms with Gasteiger partial charge in [-0.1, -0.05) is 13.8 Å². The zero-order valence-corrected chi connectivity index (χ0v) is 6.91. The second-order valence-corrected chi connectivity index (χ2v) is 2.88. The van der Waals surface area contributed by atoms with Crippen LogP contribution in [-0.4, -0.2) is 30.3 Å². The molecule has 0 heterocycles. The fraction of sp³-hybridized carbons (Fsp3) is 0.857. The van der Waals surface area contributed by atoms with Gasteiger partial charge >= 0.3 is 5.97 Å². The Bertz CT molecular complexity index is 125. The van der Waals surface area contributed by atoms with Crippen LogP contribution in [0.2, 0.25) is 0 Å². The van der Waals surface area contributed by atoms with Crippen LogP contribution in [0.5, 0.6) is 0 Å². The van der Waals surface area contributed by atoms with E-state index in [2.05, 4.69) is 0 Å². The summed E-state index contributed by atoms with van der Waals surface area (Å²) in [5.41, 5.74) is 5.18. The van der Waals surface area contributed by atoms with Gasteiger partial charge < -0.3 is 15.6 Å². The molecular weight excluding hydrogens is 146 g/mol. The third-order valence-electron chi connectivity index (χ3n) is 1.07. The maximum absolute atomic E-state index is 10.2. The molecule has 0 rings (SSSR count). The van der Waals surface area contributed by atoms with Crippen LogP contribution < -0.4 is 5.73 Å². The van der Waals surface area contributed by atoms with Gasteiger partial charge in [0.1, 0.15) is 6.04 Å². The molecule has 0 saturated heterocycles. The Labute approximate surface area is 66.3 Å². The van der Waals surface area contributed by atoms with Crippen LogP contribution in [0.25, 0.3) is 0 Å². The Morgan fingerprint density at radius 2 is 2.09 bits per heavy atom. The molecule has 0 spiro atoms. The Balaban J connectivity index is 3.31. The average Bonchev–Trinajstić information content (AvgIpc) is 1.86. The molecule has 0 aliphatic rings. The summed E-state index contributed by atoms with van der Waals surface area (Å²) in [5.74, 6) is -0.607. The van der Waals surface area contributed by atoms with Crippen LogP contribution in [0, 0.1) is 5.92 Å². The molecule has 0 unspecified atom stereocenters. The standard InChI is InChI=1S/C7H15NO3/c1-5(2)3-11-4-6(8)7(9)10/h5-6H,3-4,8H2,1-2H3,(H,9,10)/t6-/m0/s1. The largest absolute Gasteiger partial charge is 0.480 e. The molecule has 4 nitrogen and oxygen atoms in total. The maximum Gasteiger partial charge on any atom is 0.322 e. The first-order valence-electron chi connectivity index (χ1n) is 3.60. The van der Waals surface area contributed by atoms with Crippen molar-refractivity contribution < 1.29 is 14.6 Å². The topological polar surface area (TPSA) is 72.5 Å². The molecule has 0 aromatic rings. The summed E-state index contributed by atoms with van der Waals surface area (Å²) in [5, 5.41) is 8.34. The van der Waals surface area contributed by atoms with Gasteiger partial charge in [0.05, 0.1) is 6.61 Å².